The first kappa shape index (κ1) is 28.3. The van der Waals surface area contributed by atoms with E-state index in [2.05, 4.69) is 4.98 Å². The van der Waals surface area contributed by atoms with Gasteiger partial charge in [-0.1, -0.05) is 19.1 Å². The van der Waals surface area contributed by atoms with Crippen LogP contribution < -0.4 is 10.5 Å². The summed E-state index contributed by atoms with van der Waals surface area (Å²) in [5.41, 5.74) is 6.54. The number of hydrogen-bond acceptors (Lipinski definition) is 7. The highest BCUT2D eigenvalue weighted by Gasteiger charge is 2.39. The molecule has 4 N–H and O–H groups in total. The molecule has 2 aromatic rings. The first-order valence-electron chi connectivity index (χ1n) is 13.0. The van der Waals surface area contributed by atoms with Crippen LogP contribution in [0.15, 0.2) is 36.5 Å². The first-order valence-corrected chi connectivity index (χ1v) is 13.0. The van der Waals surface area contributed by atoms with Gasteiger partial charge in [0.05, 0.1) is 25.3 Å². The van der Waals surface area contributed by atoms with Gasteiger partial charge in [0.25, 0.3) is 5.92 Å². The molecule has 0 aliphatic carbocycles. The number of aliphatic hydroxyl groups is 2. The second-order valence-electron chi connectivity index (χ2n) is 10.2. The van der Waals surface area contributed by atoms with Crippen molar-refractivity contribution in [2.24, 2.45) is 11.7 Å². The van der Waals surface area contributed by atoms with Crippen molar-refractivity contribution in [1.82, 2.24) is 14.8 Å². The fourth-order valence-corrected chi connectivity index (χ4v) is 5.07. The van der Waals surface area contributed by atoms with Gasteiger partial charge in [0.2, 0.25) is 11.8 Å². The second-order valence-corrected chi connectivity index (χ2v) is 10.2. The zero-order valence-corrected chi connectivity index (χ0v) is 21.4. The van der Waals surface area contributed by atoms with Crippen LogP contribution in [0.2, 0.25) is 0 Å². The van der Waals surface area contributed by atoms with E-state index in [9.17, 15) is 28.2 Å². The van der Waals surface area contributed by atoms with Crippen molar-refractivity contribution in [3.05, 3.63) is 47.9 Å². The van der Waals surface area contributed by atoms with E-state index >= 15 is 0 Å². The van der Waals surface area contributed by atoms with Gasteiger partial charge in [0.15, 0.2) is 0 Å². The molecule has 11 heteroatoms. The molecule has 1 aromatic carbocycles. The van der Waals surface area contributed by atoms with Crippen molar-refractivity contribution >= 4 is 5.91 Å². The third kappa shape index (κ3) is 6.82. The molecule has 0 spiro atoms. The number of alkyl halides is 2. The zero-order chi connectivity index (χ0) is 27.4. The molecule has 0 saturated carbocycles. The van der Waals surface area contributed by atoms with Crippen LogP contribution in [0.5, 0.6) is 5.88 Å². The molecule has 1 aromatic heterocycles. The number of carbonyl (C=O) groups is 1. The number of piperidine rings is 1. The fraction of sp³-hybridized carbons (Fsp3) is 0.556. The molecule has 0 bridgehead atoms. The van der Waals surface area contributed by atoms with Crippen molar-refractivity contribution in [2.45, 2.75) is 56.9 Å². The van der Waals surface area contributed by atoms with Crippen molar-refractivity contribution in [2.75, 3.05) is 32.8 Å². The van der Waals surface area contributed by atoms with Crippen LogP contribution in [0.25, 0.3) is 11.1 Å². The Morgan fingerprint density at radius 2 is 1.95 bits per heavy atom. The summed E-state index contributed by atoms with van der Waals surface area (Å²) >= 11 is 0. The smallest absolute Gasteiger partial charge is 0.260 e. The van der Waals surface area contributed by atoms with Crippen molar-refractivity contribution in [3.63, 3.8) is 0 Å². The minimum atomic E-state index is -2.65. The van der Waals surface area contributed by atoms with Gasteiger partial charge in [-0.25, -0.2) is 18.2 Å². The minimum absolute atomic E-state index is 0.00918. The number of nitrogens with zero attached hydrogens (tertiary/aromatic N) is 3. The highest BCUT2D eigenvalue weighted by molar-refractivity contribution is 5.80. The SMILES string of the molecule is CCC(F)(F)CN1CCC(COc2ccc(-c3ccc(C(O)N4C[C@H](O)C[C@H]4C(N)=O)c(F)c3)cn2)CC1. The topological polar surface area (TPSA) is 112 Å². The fourth-order valence-electron chi connectivity index (χ4n) is 5.07. The van der Waals surface area contributed by atoms with Crippen LogP contribution in [0.3, 0.4) is 0 Å². The van der Waals surface area contributed by atoms with Gasteiger partial charge in [0, 0.05) is 36.4 Å². The Kier molecular flexibility index (Phi) is 8.92. The van der Waals surface area contributed by atoms with Gasteiger partial charge in [-0.2, -0.15) is 0 Å². The quantitative estimate of drug-likeness (QED) is 0.428. The summed E-state index contributed by atoms with van der Waals surface area (Å²) in [6.45, 7) is 2.99. The van der Waals surface area contributed by atoms with Gasteiger partial charge < -0.3 is 20.7 Å². The molecule has 4 rings (SSSR count). The van der Waals surface area contributed by atoms with Crippen LogP contribution in [-0.2, 0) is 4.79 Å². The largest absolute Gasteiger partial charge is 0.477 e. The van der Waals surface area contributed by atoms with Crippen LogP contribution in [0, 0.1) is 11.7 Å². The summed E-state index contributed by atoms with van der Waals surface area (Å²) in [5, 5.41) is 20.5. The Hall–Kier alpha value is -2.73. The highest BCUT2D eigenvalue weighted by Crippen LogP contribution is 2.32. The molecular weight excluding hydrogens is 501 g/mol. The van der Waals surface area contributed by atoms with Crippen molar-refractivity contribution in [3.8, 4) is 17.0 Å². The molecule has 2 aliphatic rings. The lowest BCUT2D eigenvalue weighted by Crippen LogP contribution is -2.42. The maximum Gasteiger partial charge on any atom is 0.260 e. The first-order chi connectivity index (χ1) is 18.1. The molecule has 1 unspecified atom stereocenters. The summed E-state index contributed by atoms with van der Waals surface area (Å²) < 4.78 is 48.0. The maximum absolute atomic E-state index is 15.0. The summed E-state index contributed by atoms with van der Waals surface area (Å²) in [6.07, 6.45) is 0.805. The number of hydrogen-bond donors (Lipinski definition) is 3. The van der Waals surface area contributed by atoms with E-state index in [-0.39, 0.29) is 37.4 Å². The molecule has 208 valence electrons. The summed E-state index contributed by atoms with van der Waals surface area (Å²) in [4.78, 5) is 19.1. The number of rotatable bonds is 10. The van der Waals surface area contributed by atoms with Crippen molar-refractivity contribution < 1.29 is 32.9 Å². The van der Waals surface area contributed by atoms with Gasteiger partial charge in [-0.3, -0.25) is 14.6 Å². The average Bonchev–Trinajstić information content (AvgIpc) is 3.30. The number of pyridine rings is 1. The number of aliphatic hydroxyl groups excluding tert-OH is 2. The zero-order valence-electron chi connectivity index (χ0n) is 21.4. The van der Waals surface area contributed by atoms with E-state index in [4.69, 9.17) is 10.5 Å². The Labute approximate surface area is 220 Å². The molecule has 2 fully saturated rings. The Morgan fingerprint density at radius 3 is 2.55 bits per heavy atom. The summed E-state index contributed by atoms with van der Waals surface area (Å²) in [6, 6.07) is 6.91. The van der Waals surface area contributed by atoms with E-state index < -0.39 is 36.0 Å². The second kappa shape index (κ2) is 12.0. The average molecular weight is 537 g/mol. The van der Waals surface area contributed by atoms with Gasteiger partial charge in [-0.15, -0.1) is 0 Å². The van der Waals surface area contributed by atoms with E-state index in [1.165, 1.54) is 24.0 Å². The molecule has 38 heavy (non-hydrogen) atoms. The number of amides is 1. The number of carbonyl (C=O) groups excluding carboxylic acids is 1. The van der Waals surface area contributed by atoms with E-state index in [0.29, 0.717) is 36.7 Å². The predicted molar refractivity (Wildman–Crippen MR) is 135 cm³/mol. The number of halogens is 3. The number of primary amides is 1. The molecule has 3 heterocycles. The molecule has 8 nitrogen and oxygen atoms in total. The van der Waals surface area contributed by atoms with Gasteiger partial charge in [0.1, 0.15) is 12.0 Å². The van der Waals surface area contributed by atoms with Gasteiger partial charge in [-0.05, 0) is 56.0 Å². The van der Waals surface area contributed by atoms with E-state index in [1.807, 2.05) is 0 Å². The van der Waals surface area contributed by atoms with Crippen LogP contribution in [-0.4, -0.2) is 81.8 Å². The summed E-state index contributed by atoms with van der Waals surface area (Å²) in [5.74, 6) is -3.31. The van der Waals surface area contributed by atoms with Gasteiger partial charge >= 0.3 is 0 Å². The number of nitrogens with two attached hydrogens (primary N) is 1. The third-order valence-electron chi connectivity index (χ3n) is 7.45. The number of aromatic nitrogens is 1. The standard InChI is InChI=1S/C27H35F3N4O4/c1-2-27(29,30)16-33-9-7-17(8-10-33)15-38-24-6-4-19(13-32-24)18-3-5-21(22(28)11-18)26(37)34-14-20(35)12-23(34)25(31)36/h3-6,11,13,17,20,23,26,35,37H,2,7-10,12,14-16H2,1H3,(H2,31,36)/t20-,23+,26?/m1/s1. The lowest BCUT2D eigenvalue weighted by atomic mass is 9.97. The molecule has 2 saturated heterocycles. The Morgan fingerprint density at radius 1 is 1.24 bits per heavy atom. The Bertz CT molecular complexity index is 1100. The number of likely N-dealkylation sites (tertiary alicyclic amines) is 2. The highest BCUT2D eigenvalue weighted by atomic mass is 19.3. The normalized spacial score (nSPS) is 22.5. The number of benzene rings is 1. The Balaban J connectivity index is 1.31. The van der Waals surface area contributed by atoms with E-state index in [1.54, 1.807) is 29.3 Å². The van der Waals surface area contributed by atoms with Crippen molar-refractivity contribution in [1.29, 1.82) is 0 Å². The number of β-amino-alcohol motifs (C(OH)–C–C–N with tert-alkyl or cyclic N) is 1. The molecule has 2 aliphatic heterocycles. The van der Waals surface area contributed by atoms with Crippen LogP contribution in [0.1, 0.15) is 44.4 Å². The lowest BCUT2D eigenvalue weighted by Gasteiger charge is -2.33. The predicted octanol–water partition coefficient (Wildman–Crippen LogP) is 2.94. The van der Waals surface area contributed by atoms with Crippen LogP contribution >= 0.6 is 0 Å². The number of ether oxygens (including phenoxy) is 1. The molecule has 3 atom stereocenters. The summed E-state index contributed by atoms with van der Waals surface area (Å²) in [7, 11) is 0. The van der Waals surface area contributed by atoms with E-state index in [0.717, 1.165) is 12.8 Å². The van der Waals surface area contributed by atoms with Crippen LogP contribution in [0.4, 0.5) is 13.2 Å². The minimum Gasteiger partial charge on any atom is -0.477 e. The lowest BCUT2D eigenvalue weighted by molar-refractivity contribution is -0.126. The molecular formula is C27H35F3N4O4. The third-order valence-corrected chi connectivity index (χ3v) is 7.45. The maximum atomic E-state index is 15.0. The monoisotopic (exact) mass is 536 g/mol. The molecule has 1 amide bonds. The molecule has 0 radical (unpaired) electrons.